The number of hydrogen-bond donors (Lipinski definition) is 2. The molecule has 1 fully saturated rings. The molecule has 0 aromatic carbocycles. The lowest BCUT2D eigenvalue weighted by Gasteiger charge is -2.36. The van der Waals surface area contributed by atoms with Gasteiger partial charge in [-0.15, -0.1) is 0 Å². The third kappa shape index (κ3) is 3.16. The lowest BCUT2D eigenvalue weighted by molar-refractivity contribution is -0.208. The smallest absolute Gasteiger partial charge is 0.417 e. The number of rotatable bonds is 4. The van der Waals surface area contributed by atoms with Crippen LogP contribution in [0.15, 0.2) is 0 Å². The molecule has 0 amide bonds. The molecule has 0 aliphatic heterocycles. The molecule has 1 aliphatic carbocycles. The molecule has 1 rings (SSSR count). The molecule has 0 bridgehead atoms. The quantitative estimate of drug-likeness (QED) is 0.823. The van der Waals surface area contributed by atoms with E-state index < -0.39 is 17.7 Å². The molecule has 1 saturated carbocycles. The molecule has 18 heavy (non-hydrogen) atoms. The van der Waals surface area contributed by atoms with Crippen LogP contribution in [-0.2, 0) is 4.79 Å². The second kappa shape index (κ2) is 5.47. The van der Waals surface area contributed by atoms with E-state index in [0.717, 1.165) is 19.3 Å². The highest BCUT2D eigenvalue weighted by molar-refractivity contribution is 5.79. The van der Waals surface area contributed by atoms with Crippen LogP contribution in [0.4, 0.5) is 13.2 Å². The maximum Gasteiger partial charge on any atom is 0.417 e. The van der Waals surface area contributed by atoms with E-state index in [9.17, 15) is 18.0 Å². The van der Waals surface area contributed by atoms with Crippen LogP contribution < -0.4 is 5.32 Å². The summed E-state index contributed by atoms with van der Waals surface area (Å²) in [7, 11) is 0. The Kier molecular flexibility index (Phi) is 4.64. The minimum atomic E-state index is -4.79. The number of carboxylic acids is 1. The molecule has 1 atom stereocenters. The Labute approximate surface area is 105 Å². The zero-order valence-electron chi connectivity index (χ0n) is 10.7. The Hall–Kier alpha value is -0.780. The van der Waals surface area contributed by atoms with E-state index in [1.54, 1.807) is 0 Å². The Morgan fingerprint density at radius 2 is 1.78 bits per heavy atom. The number of alkyl halides is 3. The average molecular weight is 267 g/mol. The van der Waals surface area contributed by atoms with Crippen LogP contribution in [0.1, 0.15) is 46.0 Å². The lowest BCUT2D eigenvalue weighted by Crippen LogP contribution is -2.63. The summed E-state index contributed by atoms with van der Waals surface area (Å²) in [5, 5.41) is 11.1. The molecule has 1 aliphatic rings. The molecule has 0 aromatic rings. The first-order valence-electron chi connectivity index (χ1n) is 6.28. The van der Waals surface area contributed by atoms with Crippen LogP contribution in [0.3, 0.4) is 0 Å². The zero-order valence-corrected chi connectivity index (χ0v) is 10.7. The molecule has 0 heterocycles. The number of carbonyl (C=O) groups is 1. The molecule has 6 heteroatoms. The Morgan fingerprint density at radius 1 is 1.28 bits per heavy atom. The van der Waals surface area contributed by atoms with Crippen molar-refractivity contribution in [3.8, 4) is 0 Å². The van der Waals surface area contributed by atoms with E-state index in [2.05, 4.69) is 12.2 Å². The van der Waals surface area contributed by atoms with Crippen LogP contribution in [0, 0.1) is 5.92 Å². The topological polar surface area (TPSA) is 49.3 Å². The SMILES string of the molecule is CCC1CCC(NC(C)(C(=O)O)C(F)(F)F)CC1. The number of hydrogen-bond acceptors (Lipinski definition) is 2. The summed E-state index contributed by atoms with van der Waals surface area (Å²) in [6, 6.07) is -0.365. The maximum atomic E-state index is 12.8. The van der Waals surface area contributed by atoms with Gasteiger partial charge >= 0.3 is 12.1 Å². The number of nitrogens with one attached hydrogen (secondary N) is 1. The van der Waals surface area contributed by atoms with E-state index in [0.29, 0.717) is 25.7 Å². The summed E-state index contributed by atoms with van der Waals surface area (Å²) in [4.78, 5) is 10.9. The van der Waals surface area contributed by atoms with Crippen molar-refractivity contribution in [1.29, 1.82) is 0 Å². The second-order valence-corrected chi connectivity index (χ2v) is 5.20. The highest BCUT2D eigenvalue weighted by atomic mass is 19.4. The van der Waals surface area contributed by atoms with Gasteiger partial charge in [0.2, 0.25) is 5.54 Å². The van der Waals surface area contributed by atoms with Crippen LogP contribution in [0.2, 0.25) is 0 Å². The Bertz CT molecular complexity index is 298. The predicted octanol–water partition coefficient (Wildman–Crippen LogP) is 2.95. The summed E-state index contributed by atoms with van der Waals surface area (Å²) in [5.74, 6) is -1.31. The molecule has 0 aromatic heterocycles. The number of aliphatic carboxylic acids is 1. The monoisotopic (exact) mass is 267 g/mol. The van der Waals surface area contributed by atoms with E-state index in [1.807, 2.05) is 0 Å². The Morgan fingerprint density at radius 3 is 2.11 bits per heavy atom. The molecule has 2 N–H and O–H groups in total. The fraction of sp³-hybridized carbons (Fsp3) is 0.917. The van der Waals surface area contributed by atoms with Gasteiger partial charge in [0.05, 0.1) is 0 Å². The van der Waals surface area contributed by atoms with Gasteiger partial charge in [0, 0.05) is 6.04 Å². The van der Waals surface area contributed by atoms with Crippen molar-refractivity contribution in [2.45, 2.75) is 63.7 Å². The third-order valence-corrected chi connectivity index (χ3v) is 3.91. The van der Waals surface area contributed by atoms with Gasteiger partial charge in [0.1, 0.15) is 0 Å². The molecule has 0 spiro atoms. The molecule has 0 saturated heterocycles. The van der Waals surface area contributed by atoms with Crippen molar-refractivity contribution in [1.82, 2.24) is 5.32 Å². The fourth-order valence-electron chi connectivity index (χ4n) is 2.39. The van der Waals surface area contributed by atoms with Crippen molar-refractivity contribution in [2.24, 2.45) is 5.92 Å². The van der Waals surface area contributed by atoms with Crippen molar-refractivity contribution >= 4 is 5.97 Å². The molecule has 3 nitrogen and oxygen atoms in total. The van der Waals surface area contributed by atoms with E-state index in [1.165, 1.54) is 0 Å². The zero-order chi connectivity index (χ0) is 14.0. The average Bonchev–Trinajstić information content (AvgIpc) is 2.28. The van der Waals surface area contributed by atoms with Gasteiger partial charge in [-0.3, -0.25) is 5.32 Å². The predicted molar refractivity (Wildman–Crippen MR) is 61.3 cm³/mol. The first-order valence-corrected chi connectivity index (χ1v) is 6.28. The summed E-state index contributed by atoms with van der Waals surface area (Å²) in [6.45, 7) is 2.76. The summed E-state index contributed by atoms with van der Waals surface area (Å²) in [5.41, 5.74) is -2.85. The minimum Gasteiger partial charge on any atom is -0.480 e. The molecule has 1 unspecified atom stereocenters. The van der Waals surface area contributed by atoms with Crippen LogP contribution in [-0.4, -0.2) is 28.8 Å². The van der Waals surface area contributed by atoms with Crippen LogP contribution in [0.5, 0.6) is 0 Å². The van der Waals surface area contributed by atoms with Gasteiger partial charge in [-0.25, -0.2) is 4.79 Å². The molecular weight excluding hydrogens is 247 g/mol. The standard InChI is InChI=1S/C12H20F3NO2/c1-3-8-4-6-9(7-5-8)16-11(2,10(17)18)12(13,14)15/h8-9,16H,3-7H2,1-2H3,(H,17,18). The maximum absolute atomic E-state index is 12.8. The highest BCUT2D eigenvalue weighted by Gasteiger charge is 2.58. The first kappa shape index (κ1) is 15.3. The lowest BCUT2D eigenvalue weighted by atomic mass is 9.83. The third-order valence-electron chi connectivity index (χ3n) is 3.91. The second-order valence-electron chi connectivity index (χ2n) is 5.20. The number of halogens is 3. The van der Waals surface area contributed by atoms with Gasteiger partial charge in [-0.2, -0.15) is 13.2 Å². The minimum absolute atomic E-state index is 0.365. The Balaban J connectivity index is 2.67. The van der Waals surface area contributed by atoms with Gasteiger partial charge in [0.15, 0.2) is 0 Å². The van der Waals surface area contributed by atoms with E-state index in [4.69, 9.17) is 5.11 Å². The van der Waals surface area contributed by atoms with E-state index >= 15 is 0 Å². The van der Waals surface area contributed by atoms with Crippen molar-refractivity contribution in [3.05, 3.63) is 0 Å². The van der Waals surface area contributed by atoms with Crippen molar-refractivity contribution in [3.63, 3.8) is 0 Å². The van der Waals surface area contributed by atoms with Crippen LogP contribution in [0.25, 0.3) is 0 Å². The van der Waals surface area contributed by atoms with Crippen LogP contribution >= 0.6 is 0 Å². The largest absolute Gasteiger partial charge is 0.480 e. The van der Waals surface area contributed by atoms with Gasteiger partial charge in [-0.1, -0.05) is 13.3 Å². The number of carboxylic acid groups (broad SMARTS) is 1. The summed E-state index contributed by atoms with van der Waals surface area (Å²) >= 11 is 0. The highest BCUT2D eigenvalue weighted by Crippen LogP contribution is 2.34. The molecule has 106 valence electrons. The molecular formula is C12H20F3NO2. The van der Waals surface area contributed by atoms with Gasteiger partial charge < -0.3 is 5.11 Å². The first-order chi connectivity index (χ1) is 8.20. The van der Waals surface area contributed by atoms with E-state index in [-0.39, 0.29) is 6.04 Å². The summed E-state index contributed by atoms with van der Waals surface area (Å²) in [6.07, 6.45) is -0.818. The summed E-state index contributed by atoms with van der Waals surface area (Å²) < 4.78 is 38.4. The van der Waals surface area contributed by atoms with Crippen molar-refractivity contribution < 1.29 is 23.1 Å². The normalized spacial score (nSPS) is 28.7. The van der Waals surface area contributed by atoms with Gasteiger partial charge in [0.25, 0.3) is 0 Å². The molecule has 0 radical (unpaired) electrons. The van der Waals surface area contributed by atoms with Crippen molar-refractivity contribution in [2.75, 3.05) is 0 Å². The van der Waals surface area contributed by atoms with Gasteiger partial charge in [-0.05, 0) is 38.5 Å². The fourth-order valence-corrected chi connectivity index (χ4v) is 2.39.